The van der Waals surface area contributed by atoms with E-state index in [-0.39, 0.29) is 11.4 Å². The van der Waals surface area contributed by atoms with Crippen LogP contribution in [-0.4, -0.2) is 16.6 Å². The molecule has 1 amide bonds. The minimum atomic E-state index is -1.14. The highest BCUT2D eigenvalue weighted by atomic mass is 16.3. The number of nitrogens with one attached hydrogen (secondary N) is 1. The summed E-state index contributed by atoms with van der Waals surface area (Å²) < 4.78 is 0. The first-order chi connectivity index (χ1) is 8.87. The second-order valence-electron chi connectivity index (χ2n) is 5.75. The summed E-state index contributed by atoms with van der Waals surface area (Å²) in [7, 11) is 0. The Kier molecular flexibility index (Phi) is 3.58. The molecular formula is C16H19NO2. The number of amides is 1. The van der Waals surface area contributed by atoms with Gasteiger partial charge in [-0.05, 0) is 43.2 Å². The van der Waals surface area contributed by atoms with E-state index >= 15 is 0 Å². The molecule has 0 heterocycles. The summed E-state index contributed by atoms with van der Waals surface area (Å²) in [6.07, 6.45) is -1.14. The fourth-order valence-electron chi connectivity index (χ4n) is 1.97. The van der Waals surface area contributed by atoms with Gasteiger partial charge in [0.25, 0.3) is 5.91 Å². The van der Waals surface area contributed by atoms with Crippen molar-refractivity contribution in [2.45, 2.75) is 32.4 Å². The Morgan fingerprint density at radius 2 is 1.74 bits per heavy atom. The molecule has 0 bridgehead atoms. The maximum Gasteiger partial charge on any atom is 0.253 e. The first kappa shape index (κ1) is 13.6. The van der Waals surface area contributed by atoms with E-state index in [0.717, 1.165) is 10.8 Å². The Balaban J connectivity index is 2.26. The fraction of sp³-hybridized carbons (Fsp3) is 0.312. The number of hydrogen-bond donors (Lipinski definition) is 2. The molecule has 0 aliphatic carbocycles. The largest absolute Gasteiger partial charge is 0.378 e. The van der Waals surface area contributed by atoms with Crippen LogP contribution in [-0.2, 0) is 4.79 Å². The van der Waals surface area contributed by atoms with Crippen molar-refractivity contribution in [2.24, 2.45) is 0 Å². The van der Waals surface area contributed by atoms with Gasteiger partial charge < -0.3 is 10.4 Å². The second kappa shape index (κ2) is 5.02. The van der Waals surface area contributed by atoms with Gasteiger partial charge in [-0.2, -0.15) is 0 Å². The summed E-state index contributed by atoms with van der Waals surface area (Å²) in [5, 5.41) is 15.0. The molecule has 3 nitrogen and oxygen atoms in total. The number of hydrogen-bond acceptors (Lipinski definition) is 2. The highest BCUT2D eigenvalue weighted by Crippen LogP contribution is 2.21. The highest BCUT2D eigenvalue weighted by molar-refractivity contribution is 5.87. The summed E-state index contributed by atoms with van der Waals surface area (Å²) in [6.45, 7) is 5.66. The van der Waals surface area contributed by atoms with Crippen LogP contribution >= 0.6 is 0 Å². The summed E-state index contributed by atoms with van der Waals surface area (Å²) in [5.74, 6) is -0.372. The lowest BCUT2D eigenvalue weighted by Gasteiger charge is -2.22. The van der Waals surface area contributed by atoms with Crippen molar-refractivity contribution < 1.29 is 9.90 Å². The van der Waals surface area contributed by atoms with Gasteiger partial charge in [-0.15, -0.1) is 0 Å². The van der Waals surface area contributed by atoms with Crippen LogP contribution in [0.4, 0.5) is 0 Å². The molecule has 0 saturated carbocycles. The average molecular weight is 257 g/mol. The molecule has 2 aromatic carbocycles. The van der Waals surface area contributed by atoms with Crippen LogP contribution in [0, 0.1) is 0 Å². The Morgan fingerprint density at radius 3 is 2.37 bits per heavy atom. The molecule has 0 unspecified atom stereocenters. The summed E-state index contributed by atoms with van der Waals surface area (Å²) >= 11 is 0. The lowest BCUT2D eigenvalue weighted by Crippen LogP contribution is -2.43. The molecule has 3 heteroatoms. The zero-order valence-electron chi connectivity index (χ0n) is 11.5. The molecule has 100 valence electrons. The number of aliphatic hydroxyl groups excluding tert-OH is 1. The van der Waals surface area contributed by atoms with Gasteiger partial charge in [0.1, 0.15) is 0 Å². The molecule has 0 fully saturated rings. The van der Waals surface area contributed by atoms with Crippen molar-refractivity contribution in [3.63, 3.8) is 0 Å². The van der Waals surface area contributed by atoms with E-state index in [1.165, 1.54) is 0 Å². The zero-order valence-corrected chi connectivity index (χ0v) is 11.5. The minimum Gasteiger partial charge on any atom is -0.378 e. The van der Waals surface area contributed by atoms with Crippen LogP contribution in [0.15, 0.2) is 42.5 Å². The standard InChI is InChI=1S/C16H19NO2/c1-16(2,3)17-15(19)14(18)13-9-8-11-6-4-5-7-12(11)10-13/h4-10,14,18H,1-3H3,(H,17,19)/t14-/m0/s1. The molecule has 0 aliphatic heterocycles. The van der Waals surface area contributed by atoms with Crippen molar-refractivity contribution in [3.8, 4) is 0 Å². The van der Waals surface area contributed by atoms with Gasteiger partial charge in [-0.3, -0.25) is 4.79 Å². The first-order valence-corrected chi connectivity index (χ1v) is 6.36. The van der Waals surface area contributed by atoms with Crippen molar-refractivity contribution in [3.05, 3.63) is 48.0 Å². The summed E-state index contributed by atoms with van der Waals surface area (Å²) in [5.41, 5.74) is 0.259. The van der Waals surface area contributed by atoms with Gasteiger partial charge in [-0.25, -0.2) is 0 Å². The van der Waals surface area contributed by atoms with Crippen molar-refractivity contribution in [2.75, 3.05) is 0 Å². The van der Waals surface area contributed by atoms with Crippen molar-refractivity contribution >= 4 is 16.7 Å². The van der Waals surface area contributed by atoms with E-state index in [9.17, 15) is 9.90 Å². The number of benzene rings is 2. The van der Waals surface area contributed by atoms with Gasteiger partial charge in [0.15, 0.2) is 6.10 Å². The van der Waals surface area contributed by atoms with Crippen molar-refractivity contribution in [1.82, 2.24) is 5.32 Å². The number of carbonyl (C=O) groups is 1. The molecular weight excluding hydrogens is 238 g/mol. The predicted molar refractivity (Wildman–Crippen MR) is 76.8 cm³/mol. The molecule has 2 N–H and O–H groups in total. The van der Waals surface area contributed by atoms with Crippen LogP contribution < -0.4 is 5.32 Å². The smallest absolute Gasteiger partial charge is 0.253 e. The SMILES string of the molecule is CC(C)(C)NC(=O)[C@@H](O)c1ccc2ccccc2c1. The van der Waals surface area contributed by atoms with E-state index < -0.39 is 6.10 Å². The van der Waals surface area contributed by atoms with Gasteiger partial charge in [0, 0.05) is 5.54 Å². The predicted octanol–water partition coefficient (Wildman–Crippen LogP) is 2.79. The lowest BCUT2D eigenvalue weighted by molar-refractivity contribution is -0.131. The van der Waals surface area contributed by atoms with Crippen molar-refractivity contribution in [1.29, 1.82) is 0 Å². The third-order valence-electron chi connectivity index (χ3n) is 2.84. The van der Waals surface area contributed by atoms with E-state index in [4.69, 9.17) is 0 Å². The lowest BCUT2D eigenvalue weighted by atomic mass is 10.0. The Hall–Kier alpha value is -1.87. The number of fused-ring (bicyclic) bond motifs is 1. The summed E-state index contributed by atoms with van der Waals surface area (Å²) in [6, 6.07) is 13.4. The van der Waals surface area contributed by atoms with Crippen LogP contribution in [0.2, 0.25) is 0 Å². The topological polar surface area (TPSA) is 49.3 Å². The maximum atomic E-state index is 11.9. The molecule has 0 spiro atoms. The zero-order chi connectivity index (χ0) is 14.0. The molecule has 2 rings (SSSR count). The van der Waals surface area contributed by atoms with Crippen LogP contribution in [0.5, 0.6) is 0 Å². The number of carbonyl (C=O) groups excluding carboxylic acids is 1. The number of rotatable bonds is 2. The van der Waals surface area contributed by atoms with E-state index in [2.05, 4.69) is 5.32 Å². The fourth-order valence-corrected chi connectivity index (χ4v) is 1.97. The third-order valence-corrected chi connectivity index (χ3v) is 2.84. The second-order valence-corrected chi connectivity index (χ2v) is 5.75. The Labute approximate surface area is 113 Å². The van der Waals surface area contributed by atoms with E-state index in [0.29, 0.717) is 5.56 Å². The van der Waals surface area contributed by atoms with Gasteiger partial charge in [0.05, 0.1) is 0 Å². The highest BCUT2D eigenvalue weighted by Gasteiger charge is 2.22. The number of aliphatic hydroxyl groups is 1. The van der Waals surface area contributed by atoms with Crippen LogP contribution in [0.25, 0.3) is 10.8 Å². The summed E-state index contributed by atoms with van der Waals surface area (Å²) in [4.78, 5) is 11.9. The van der Waals surface area contributed by atoms with E-state index in [1.807, 2.05) is 57.2 Å². The monoisotopic (exact) mass is 257 g/mol. The molecule has 0 radical (unpaired) electrons. The van der Waals surface area contributed by atoms with Gasteiger partial charge >= 0.3 is 0 Å². The quantitative estimate of drug-likeness (QED) is 0.869. The van der Waals surface area contributed by atoms with Gasteiger partial charge in [0.2, 0.25) is 0 Å². The van der Waals surface area contributed by atoms with Crippen LogP contribution in [0.3, 0.4) is 0 Å². The van der Waals surface area contributed by atoms with Gasteiger partial charge in [-0.1, -0.05) is 36.4 Å². The molecule has 2 aromatic rings. The molecule has 0 saturated heterocycles. The molecule has 0 aromatic heterocycles. The van der Waals surface area contributed by atoms with Crippen LogP contribution in [0.1, 0.15) is 32.4 Å². The molecule has 0 aliphatic rings. The normalized spacial score (nSPS) is 13.3. The first-order valence-electron chi connectivity index (χ1n) is 6.36. The minimum absolute atomic E-state index is 0.352. The average Bonchev–Trinajstić information content (AvgIpc) is 2.35. The van der Waals surface area contributed by atoms with E-state index in [1.54, 1.807) is 6.07 Å². The molecule has 19 heavy (non-hydrogen) atoms. The Morgan fingerprint density at radius 1 is 1.11 bits per heavy atom. The Bertz CT molecular complexity index is 599. The third kappa shape index (κ3) is 3.32. The maximum absolute atomic E-state index is 11.9. The molecule has 1 atom stereocenters.